The fourth-order valence-electron chi connectivity index (χ4n) is 2.95. The van der Waals surface area contributed by atoms with Gasteiger partial charge in [-0.15, -0.1) is 0 Å². The van der Waals surface area contributed by atoms with Crippen molar-refractivity contribution >= 4 is 15.9 Å². The summed E-state index contributed by atoms with van der Waals surface area (Å²) >= 11 is 3.60. The number of hydrogen-bond acceptors (Lipinski definition) is 2. The Morgan fingerprint density at radius 2 is 2.11 bits per heavy atom. The highest BCUT2D eigenvalue weighted by Gasteiger charge is 2.25. The monoisotopic (exact) mass is 311 g/mol. The van der Waals surface area contributed by atoms with Crippen LogP contribution in [-0.2, 0) is 0 Å². The summed E-state index contributed by atoms with van der Waals surface area (Å²) < 4.78 is 6.62. The Hall–Kier alpha value is -0.540. The van der Waals surface area contributed by atoms with E-state index in [4.69, 9.17) is 4.74 Å². The molecule has 1 aromatic rings. The Morgan fingerprint density at radius 1 is 1.39 bits per heavy atom. The van der Waals surface area contributed by atoms with Gasteiger partial charge in [0.2, 0.25) is 0 Å². The quantitative estimate of drug-likeness (QED) is 0.875. The van der Waals surface area contributed by atoms with E-state index in [2.05, 4.69) is 46.5 Å². The molecule has 0 bridgehead atoms. The molecule has 1 fully saturated rings. The fraction of sp³-hybridized carbons (Fsp3) is 0.600. The first-order valence-corrected chi connectivity index (χ1v) is 7.65. The Bertz CT molecular complexity index is 388. The van der Waals surface area contributed by atoms with Crippen LogP contribution in [0, 0.1) is 5.92 Å². The smallest absolute Gasteiger partial charge is 0.133 e. The molecular formula is C15H22BrNO. The summed E-state index contributed by atoms with van der Waals surface area (Å²) in [5.74, 6) is 1.71. The lowest BCUT2D eigenvalue weighted by Crippen LogP contribution is -2.23. The number of nitrogens with one attached hydrogen (secondary N) is 1. The highest BCUT2D eigenvalue weighted by atomic mass is 79.9. The average Bonchev–Trinajstić information content (AvgIpc) is 2.87. The van der Waals surface area contributed by atoms with Crippen LogP contribution in [0.4, 0.5) is 0 Å². The van der Waals surface area contributed by atoms with Gasteiger partial charge in [-0.3, -0.25) is 0 Å². The summed E-state index contributed by atoms with van der Waals surface area (Å²) in [6, 6.07) is 6.93. The zero-order valence-electron chi connectivity index (χ0n) is 11.2. The molecule has 3 heteroatoms. The molecule has 0 aromatic heterocycles. The maximum atomic E-state index is 5.56. The van der Waals surface area contributed by atoms with Crippen LogP contribution in [0.15, 0.2) is 22.7 Å². The minimum absolute atomic E-state index is 0.472. The lowest BCUT2D eigenvalue weighted by Gasteiger charge is -2.24. The van der Waals surface area contributed by atoms with E-state index < -0.39 is 0 Å². The molecule has 1 aromatic carbocycles. The van der Waals surface area contributed by atoms with Crippen molar-refractivity contribution in [1.82, 2.24) is 5.32 Å². The molecule has 1 aliphatic carbocycles. The zero-order valence-corrected chi connectivity index (χ0v) is 12.8. The summed E-state index contributed by atoms with van der Waals surface area (Å²) in [5, 5.41) is 3.48. The van der Waals surface area contributed by atoms with Crippen LogP contribution in [0.1, 0.15) is 44.2 Å². The molecule has 1 saturated carbocycles. The first-order chi connectivity index (χ1) is 8.76. The summed E-state index contributed by atoms with van der Waals surface area (Å²) in [5.41, 5.74) is 1.36. The minimum atomic E-state index is 0.472. The van der Waals surface area contributed by atoms with Crippen molar-refractivity contribution < 1.29 is 4.74 Å². The predicted molar refractivity (Wildman–Crippen MR) is 79.1 cm³/mol. The van der Waals surface area contributed by atoms with Gasteiger partial charge in [0.1, 0.15) is 5.75 Å². The van der Waals surface area contributed by atoms with E-state index in [-0.39, 0.29) is 0 Å². The first kappa shape index (κ1) is 13.9. The van der Waals surface area contributed by atoms with Crippen molar-refractivity contribution in [2.45, 2.75) is 38.6 Å². The normalized spacial score (nSPS) is 17.9. The zero-order chi connectivity index (χ0) is 13.0. The van der Waals surface area contributed by atoms with E-state index in [1.165, 1.54) is 31.2 Å². The van der Waals surface area contributed by atoms with Crippen molar-refractivity contribution in [3.63, 3.8) is 0 Å². The Kier molecular flexibility index (Phi) is 5.07. The second-order valence-electron chi connectivity index (χ2n) is 4.93. The van der Waals surface area contributed by atoms with Gasteiger partial charge >= 0.3 is 0 Å². The second-order valence-corrected chi connectivity index (χ2v) is 5.79. The van der Waals surface area contributed by atoms with Crippen molar-refractivity contribution in [3.8, 4) is 5.75 Å². The minimum Gasteiger partial charge on any atom is -0.493 e. The fourth-order valence-corrected chi connectivity index (χ4v) is 3.46. The number of rotatable bonds is 5. The van der Waals surface area contributed by atoms with Crippen LogP contribution in [0.5, 0.6) is 5.75 Å². The predicted octanol–water partition coefficient (Wildman–Crippen LogP) is 4.30. The van der Waals surface area contributed by atoms with Crippen molar-refractivity contribution in [2.75, 3.05) is 13.7 Å². The van der Waals surface area contributed by atoms with Gasteiger partial charge in [-0.1, -0.05) is 18.9 Å². The van der Waals surface area contributed by atoms with Crippen molar-refractivity contribution in [1.29, 1.82) is 0 Å². The molecule has 0 amide bonds. The third kappa shape index (κ3) is 3.07. The Balaban J connectivity index is 2.17. The van der Waals surface area contributed by atoms with Crippen molar-refractivity contribution in [2.24, 2.45) is 5.92 Å². The van der Waals surface area contributed by atoms with E-state index in [1.54, 1.807) is 0 Å². The largest absolute Gasteiger partial charge is 0.493 e. The van der Waals surface area contributed by atoms with Crippen LogP contribution < -0.4 is 10.1 Å². The van der Waals surface area contributed by atoms with Gasteiger partial charge in [-0.2, -0.15) is 0 Å². The van der Waals surface area contributed by atoms with E-state index in [1.807, 2.05) is 6.92 Å². The SMILES string of the molecule is CCOc1ccc(C(NC)C2CCCC2)cc1Br. The third-order valence-electron chi connectivity index (χ3n) is 3.80. The molecule has 0 heterocycles. The van der Waals surface area contributed by atoms with E-state index in [9.17, 15) is 0 Å². The van der Waals surface area contributed by atoms with E-state index in [0.717, 1.165) is 16.1 Å². The summed E-state index contributed by atoms with van der Waals surface area (Å²) in [7, 11) is 2.06. The average molecular weight is 312 g/mol. The number of halogens is 1. The first-order valence-electron chi connectivity index (χ1n) is 6.85. The summed E-state index contributed by atoms with van der Waals surface area (Å²) in [6.07, 6.45) is 5.44. The maximum absolute atomic E-state index is 5.56. The van der Waals surface area contributed by atoms with Crippen LogP contribution >= 0.6 is 15.9 Å². The molecular weight excluding hydrogens is 290 g/mol. The van der Waals surface area contributed by atoms with Crippen LogP contribution in [0.25, 0.3) is 0 Å². The molecule has 0 saturated heterocycles. The van der Waals surface area contributed by atoms with Crippen molar-refractivity contribution in [3.05, 3.63) is 28.2 Å². The van der Waals surface area contributed by atoms with Gasteiger partial charge in [0, 0.05) is 6.04 Å². The van der Waals surface area contributed by atoms with Gasteiger partial charge in [-0.05, 0) is 66.4 Å². The van der Waals surface area contributed by atoms with E-state index >= 15 is 0 Å². The lowest BCUT2D eigenvalue weighted by atomic mass is 9.92. The summed E-state index contributed by atoms with van der Waals surface area (Å²) in [4.78, 5) is 0. The standard InChI is InChI=1S/C15H22BrNO/c1-3-18-14-9-8-12(10-13(14)16)15(17-2)11-6-4-5-7-11/h8-11,15,17H,3-7H2,1-2H3. The molecule has 0 spiro atoms. The topological polar surface area (TPSA) is 21.3 Å². The van der Waals surface area contributed by atoms with Crippen LogP contribution in [-0.4, -0.2) is 13.7 Å². The summed E-state index contributed by atoms with van der Waals surface area (Å²) in [6.45, 7) is 2.71. The number of hydrogen-bond donors (Lipinski definition) is 1. The molecule has 18 heavy (non-hydrogen) atoms. The molecule has 1 unspecified atom stereocenters. The highest BCUT2D eigenvalue weighted by Crippen LogP contribution is 2.37. The van der Waals surface area contributed by atoms with E-state index in [0.29, 0.717) is 12.6 Å². The molecule has 100 valence electrons. The second kappa shape index (κ2) is 6.58. The molecule has 2 rings (SSSR count). The highest BCUT2D eigenvalue weighted by molar-refractivity contribution is 9.10. The molecule has 0 radical (unpaired) electrons. The van der Waals surface area contributed by atoms with Gasteiger partial charge in [0.05, 0.1) is 11.1 Å². The van der Waals surface area contributed by atoms with Gasteiger partial charge < -0.3 is 10.1 Å². The van der Waals surface area contributed by atoms with Gasteiger partial charge in [0.25, 0.3) is 0 Å². The molecule has 0 aliphatic heterocycles. The molecule has 1 N–H and O–H groups in total. The van der Waals surface area contributed by atoms with Gasteiger partial charge in [0.15, 0.2) is 0 Å². The third-order valence-corrected chi connectivity index (χ3v) is 4.42. The number of benzene rings is 1. The molecule has 2 nitrogen and oxygen atoms in total. The Morgan fingerprint density at radius 3 is 2.67 bits per heavy atom. The number of ether oxygens (including phenoxy) is 1. The van der Waals surface area contributed by atoms with Gasteiger partial charge in [-0.25, -0.2) is 0 Å². The van der Waals surface area contributed by atoms with Crippen LogP contribution in [0.2, 0.25) is 0 Å². The molecule has 1 aliphatic rings. The maximum Gasteiger partial charge on any atom is 0.133 e. The Labute approximate surface area is 118 Å². The molecule has 1 atom stereocenters. The lowest BCUT2D eigenvalue weighted by molar-refractivity contribution is 0.337. The van der Waals surface area contributed by atoms with Crippen LogP contribution in [0.3, 0.4) is 0 Å².